The molecule has 2 rings (SSSR count). The van der Waals surface area contributed by atoms with E-state index in [9.17, 15) is 4.79 Å². The Labute approximate surface area is 138 Å². The number of nitrogens with one attached hydrogen (secondary N) is 2. The maximum absolute atomic E-state index is 12.2. The van der Waals surface area contributed by atoms with Crippen molar-refractivity contribution in [1.29, 1.82) is 0 Å². The van der Waals surface area contributed by atoms with Crippen LogP contribution in [0.15, 0.2) is 18.3 Å². The van der Waals surface area contributed by atoms with Crippen LogP contribution in [0, 0.1) is 11.8 Å². The van der Waals surface area contributed by atoms with Gasteiger partial charge >= 0.3 is 6.03 Å². The lowest BCUT2D eigenvalue weighted by Crippen LogP contribution is -2.47. The number of anilines is 1. The maximum Gasteiger partial charge on any atom is 0.319 e. The van der Waals surface area contributed by atoms with Crippen LogP contribution in [-0.4, -0.2) is 37.4 Å². The van der Waals surface area contributed by atoms with Crippen LogP contribution < -0.4 is 15.4 Å². The van der Waals surface area contributed by atoms with E-state index in [-0.39, 0.29) is 12.1 Å². The Morgan fingerprint density at radius 2 is 2.00 bits per heavy atom. The highest BCUT2D eigenvalue weighted by Gasteiger charge is 2.28. The number of hydrogen-bond acceptors (Lipinski definition) is 4. The molecule has 2 amide bonds. The number of aromatic nitrogens is 1. The van der Waals surface area contributed by atoms with Gasteiger partial charge in [-0.1, -0.05) is 20.3 Å². The first-order chi connectivity index (χ1) is 11.1. The third-order valence-electron chi connectivity index (χ3n) is 4.37. The predicted molar refractivity (Wildman–Crippen MR) is 89.7 cm³/mol. The summed E-state index contributed by atoms with van der Waals surface area (Å²) in [5.41, 5.74) is 0.651. The average Bonchev–Trinajstić information content (AvgIpc) is 2.53. The summed E-state index contributed by atoms with van der Waals surface area (Å²) in [5.74, 6) is 1.54. The highest BCUT2D eigenvalue weighted by Crippen LogP contribution is 2.28. The molecule has 0 aliphatic heterocycles. The molecule has 2 atom stereocenters. The number of hydrogen-bond donors (Lipinski definition) is 2. The fourth-order valence-corrected chi connectivity index (χ4v) is 3.05. The fourth-order valence-electron chi connectivity index (χ4n) is 3.05. The number of methoxy groups -OCH3 is 1. The van der Waals surface area contributed by atoms with Crippen molar-refractivity contribution in [1.82, 2.24) is 10.3 Å². The van der Waals surface area contributed by atoms with Gasteiger partial charge in [0.2, 0.25) is 5.88 Å². The molecule has 1 aromatic rings. The summed E-state index contributed by atoms with van der Waals surface area (Å²) in [6, 6.07) is 3.57. The highest BCUT2D eigenvalue weighted by atomic mass is 16.5. The molecule has 128 valence electrons. The fraction of sp³-hybridized carbons (Fsp3) is 0.647. The molecule has 0 unspecified atom stereocenters. The van der Waals surface area contributed by atoms with E-state index in [2.05, 4.69) is 29.5 Å². The summed E-state index contributed by atoms with van der Waals surface area (Å²) in [4.78, 5) is 16.3. The van der Waals surface area contributed by atoms with Gasteiger partial charge in [0.25, 0.3) is 0 Å². The van der Waals surface area contributed by atoms with E-state index in [0.717, 1.165) is 0 Å². The van der Waals surface area contributed by atoms with Gasteiger partial charge < -0.3 is 20.1 Å². The molecule has 23 heavy (non-hydrogen) atoms. The number of urea groups is 1. The average molecular weight is 321 g/mol. The summed E-state index contributed by atoms with van der Waals surface area (Å²) in [6.45, 7) is 5.37. The van der Waals surface area contributed by atoms with Crippen molar-refractivity contribution in [2.75, 3.05) is 25.6 Å². The molecule has 0 aromatic carbocycles. The minimum atomic E-state index is -0.176. The van der Waals surface area contributed by atoms with Crippen molar-refractivity contribution in [3.8, 4) is 5.88 Å². The molecule has 2 N–H and O–H groups in total. The standard InChI is InChI=1S/C17H27N3O3/c1-12-5-4-6-13(2)16(12)20-17(21)19-14-7-8-15(18-11-14)23-10-9-22-3/h7-8,11-13,16H,4-6,9-10H2,1-3H3,(H2,19,20,21)/t12-,13-/m1/s1. The Bertz CT molecular complexity index is 482. The van der Waals surface area contributed by atoms with Crippen molar-refractivity contribution in [3.05, 3.63) is 18.3 Å². The third kappa shape index (κ3) is 5.39. The molecule has 0 spiro atoms. The zero-order valence-electron chi connectivity index (χ0n) is 14.2. The summed E-state index contributed by atoms with van der Waals surface area (Å²) in [7, 11) is 1.62. The van der Waals surface area contributed by atoms with Crippen LogP contribution in [0.25, 0.3) is 0 Å². The van der Waals surface area contributed by atoms with Gasteiger partial charge in [0.15, 0.2) is 0 Å². The van der Waals surface area contributed by atoms with Crippen LogP contribution in [-0.2, 0) is 4.74 Å². The molecular weight excluding hydrogens is 294 g/mol. The largest absolute Gasteiger partial charge is 0.475 e. The Balaban J connectivity index is 1.82. The SMILES string of the molecule is COCCOc1ccc(NC(=O)NC2[C@H](C)CCC[C@H]2C)cn1. The van der Waals surface area contributed by atoms with Crippen LogP contribution in [0.1, 0.15) is 33.1 Å². The van der Waals surface area contributed by atoms with Crippen molar-refractivity contribution in [3.63, 3.8) is 0 Å². The molecule has 6 nitrogen and oxygen atoms in total. The Morgan fingerprint density at radius 1 is 1.26 bits per heavy atom. The zero-order valence-corrected chi connectivity index (χ0v) is 14.2. The van der Waals surface area contributed by atoms with Gasteiger partial charge in [-0.15, -0.1) is 0 Å². The lowest BCUT2D eigenvalue weighted by molar-refractivity contribution is 0.144. The van der Waals surface area contributed by atoms with E-state index in [0.29, 0.717) is 36.6 Å². The van der Waals surface area contributed by atoms with E-state index < -0.39 is 0 Å². The van der Waals surface area contributed by atoms with Crippen LogP contribution in [0.5, 0.6) is 5.88 Å². The Morgan fingerprint density at radius 3 is 2.61 bits per heavy atom. The van der Waals surface area contributed by atoms with Crippen LogP contribution >= 0.6 is 0 Å². The Hall–Kier alpha value is -1.82. The van der Waals surface area contributed by atoms with Gasteiger partial charge in [-0.25, -0.2) is 9.78 Å². The molecule has 0 radical (unpaired) electrons. The molecular formula is C17H27N3O3. The number of nitrogens with zero attached hydrogens (tertiary/aromatic N) is 1. The second-order valence-electron chi connectivity index (χ2n) is 6.24. The monoisotopic (exact) mass is 321 g/mol. The third-order valence-corrected chi connectivity index (χ3v) is 4.37. The quantitative estimate of drug-likeness (QED) is 0.790. The van der Waals surface area contributed by atoms with Gasteiger partial charge in [-0.2, -0.15) is 0 Å². The smallest absolute Gasteiger partial charge is 0.319 e. The minimum Gasteiger partial charge on any atom is -0.475 e. The highest BCUT2D eigenvalue weighted by molar-refractivity contribution is 5.89. The number of carbonyl (C=O) groups excluding carboxylic acids is 1. The van der Waals surface area contributed by atoms with Crippen LogP contribution in [0.4, 0.5) is 10.5 Å². The summed E-state index contributed by atoms with van der Waals surface area (Å²) < 4.78 is 10.3. The summed E-state index contributed by atoms with van der Waals surface area (Å²) >= 11 is 0. The predicted octanol–water partition coefficient (Wildman–Crippen LogP) is 3.05. The second kappa shape index (κ2) is 8.72. The number of ether oxygens (including phenoxy) is 2. The lowest BCUT2D eigenvalue weighted by atomic mass is 9.79. The summed E-state index contributed by atoms with van der Waals surface area (Å²) in [6.07, 6.45) is 5.18. The van der Waals surface area contributed by atoms with E-state index in [1.165, 1.54) is 19.3 Å². The molecule has 0 bridgehead atoms. The molecule has 1 fully saturated rings. The number of rotatable bonds is 6. The van der Waals surface area contributed by atoms with Crippen molar-refractivity contribution < 1.29 is 14.3 Å². The first-order valence-electron chi connectivity index (χ1n) is 8.25. The first-order valence-corrected chi connectivity index (χ1v) is 8.25. The van der Waals surface area contributed by atoms with E-state index >= 15 is 0 Å². The number of carbonyl (C=O) groups is 1. The van der Waals surface area contributed by atoms with E-state index in [1.54, 1.807) is 25.4 Å². The van der Waals surface area contributed by atoms with Crippen LogP contribution in [0.3, 0.4) is 0 Å². The normalized spacial score (nSPS) is 21.7. The van der Waals surface area contributed by atoms with Gasteiger partial charge in [0, 0.05) is 19.2 Å². The molecule has 1 heterocycles. The molecule has 1 saturated carbocycles. The molecule has 6 heteroatoms. The molecule has 1 aromatic heterocycles. The minimum absolute atomic E-state index is 0.176. The molecule has 0 saturated heterocycles. The van der Waals surface area contributed by atoms with Gasteiger partial charge in [0.1, 0.15) is 6.61 Å². The molecule has 1 aliphatic rings. The Kier molecular flexibility index (Phi) is 6.65. The first kappa shape index (κ1) is 17.5. The van der Waals surface area contributed by atoms with Crippen molar-refractivity contribution in [2.24, 2.45) is 11.8 Å². The van der Waals surface area contributed by atoms with Gasteiger partial charge in [-0.3, -0.25) is 0 Å². The second-order valence-corrected chi connectivity index (χ2v) is 6.24. The van der Waals surface area contributed by atoms with Crippen LogP contribution in [0.2, 0.25) is 0 Å². The van der Waals surface area contributed by atoms with Gasteiger partial charge in [-0.05, 0) is 30.7 Å². The van der Waals surface area contributed by atoms with Crippen molar-refractivity contribution in [2.45, 2.75) is 39.2 Å². The van der Waals surface area contributed by atoms with E-state index in [1.807, 2.05) is 0 Å². The topological polar surface area (TPSA) is 72.5 Å². The lowest BCUT2D eigenvalue weighted by Gasteiger charge is -2.35. The van der Waals surface area contributed by atoms with Crippen molar-refractivity contribution >= 4 is 11.7 Å². The number of pyridine rings is 1. The van der Waals surface area contributed by atoms with E-state index in [4.69, 9.17) is 9.47 Å². The number of amides is 2. The summed E-state index contributed by atoms with van der Waals surface area (Å²) in [5, 5.41) is 5.93. The maximum atomic E-state index is 12.2. The zero-order chi connectivity index (χ0) is 16.7. The molecule has 1 aliphatic carbocycles. The van der Waals surface area contributed by atoms with Gasteiger partial charge in [0.05, 0.1) is 18.5 Å².